The topological polar surface area (TPSA) is 172 Å². The lowest BCUT2D eigenvalue weighted by atomic mass is 10.1. The first kappa shape index (κ1) is 48.3. The molecule has 14 nitrogen and oxygen atoms in total. The maximum atomic E-state index is 12.3. The Labute approximate surface area is 394 Å². The average molecular weight is 930 g/mol. The van der Waals surface area contributed by atoms with Gasteiger partial charge in [0.2, 0.25) is 5.82 Å². The second kappa shape index (κ2) is 19.7. The Kier molecular flexibility index (Phi) is 14.2. The quantitative estimate of drug-likeness (QED) is 0.0792. The van der Waals surface area contributed by atoms with Gasteiger partial charge in [-0.3, -0.25) is 4.79 Å². The Bertz CT molecular complexity index is 3090. The van der Waals surface area contributed by atoms with Crippen molar-refractivity contribution in [2.24, 2.45) is 0 Å². The number of pyridine rings is 2. The van der Waals surface area contributed by atoms with Gasteiger partial charge in [0.1, 0.15) is 6.07 Å². The van der Waals surface area contributed by atoms with Crippen molar-refractivity contribution in [3.05, 3.63) is 133 Å². The average Bonchev–Trinajstić information content (AvgIpc) is 3.94. The first-order valence-corrected chi connectivity index (χ1v) is 28.3. The summed E-state index contributed by atoms with van der Waals surface area (Å²) in [7, 11) is -3.74. The lowest BCUT2D eigenvalue weighted by molar-refractivity contribution is 0.0971. The first-order valence-electron chi connectivity index (χ1n) is 22.5. The number of fused-ring (bicyclic) bond motifs is 2. The van der Waals surface area contributed by atoms with E-state index in [2.05, 4.69) is 97.9 Å². The zero-order valence-corrected chi connectivity index (χ0v) is 42.4. The number of rotatable bonds is 13. The largest absolute Gasteiger partial charge is 0.411 e. The minimum Gasteiger partial charge on any atom is -0.411 e. The van der Waals surface area contributed by atoms with E-state index in [0.717, 1.165) is 62.4 Å². The third kappa shape index (κ3) is 11.1. The van der Waals surface area contributed by atoms with Crippen LogP contribution in [0.1, 0.15) is 89.1 Å². The molecule has 0 aliphatic rings. The number of carbonyl (C=O) groups excluding carboxylic acids is 1. The van der Waals surface area contributed by atoms with Crippen molar-refractivity contribution in [1.82, 2.24) is 49.5 Å². The van der Waals surface area contributed by atoms with Crippen LogP contribution in [0, 0.1) is 11.3 Å². The van der Waals surface area contributed by atoms with E-state index in [1.807, 2.05) is 114 Å². The number of ketones is 1. The molecule has 16 heteroatoms. The zero-order valence-electron chi connectivity index (χ0n) is 40.4. The molecule has 0 aliphatic heterocycles. The Hall–Kier alpha value is -6.65. The Morgan fingerprint density at radius 2 is 1.12 bits per heavy atom. The molecule has 0 saturated carbocycles. The van der Waals surface area contributed by atoms with Crippen LogP contribution in [0.4, 0.5) is 0 Å². The second-order valence-electron chi connectivity index (χ2n) is 19.5. The van der Waals surface area contributed by atoms with E-state index in [1.54, 1.807) is 18.5 Å². The predicted molar refractivity (Wildman–Crippen MR) is 268 cm³/mol. The fourth-order valence-corrected chi connectivity index (χ4v) is 8.44. The highest BCUT2D eigenvalue weighted by Gasteiger charge is 2.38. The number of benzene rings is 2. The van der Waals surface area contributed by atoms with Crippen molar-refractivity contribution < 1.29 is 13.6 Å². The number of aromatic nitrogens is 10. The Morgan fingerprint density at radius 1 is 0.642 bits per heavy atom. The van der Waals surface area contributed by atoms with Crippen molar-refractivity contribution >= 4 is 44.2 Å². The molecule has 0 saturated heterocycles. The van der Waals surface area contributed by atoms with Crippen LogP contribution in [0.15, 0.2) is 110 Å². The number of Topliss-reactive ketones (excluding diaryl/α,β-unsaturated/α-hetero) is 1. The molecular weight excluding hydrogens is 871 g/mol. The van der Waals surface area contributed by atoms with E-state index in [0.29, 0.717) is 31.0 Å². The van der Waals surface area contributed by atoms with Crippen LogP contribution in [-0.4, -0.2) is 71.9 Å². The van der Waals surface area contributed by atoms with Crippen LogP contribution in [0.3, 0.4) is 0 Å². The van der Waals surface area contributed by atoms with Crippen LogP contribution in [-0.2, 0) is 22.1 Å². The summed E-state index contributed by atoms with van der Waals surface area (Å²) in [5.41, 5.74) is 6.75. The molecule has 8 rings (SSSR count). The minimum atomic E-state index is -1.88. The van der Waals surface area contributed by atoms with Gasteiger partial charge in [0.15, 0.2) is 39.9 Å². The van der Waals surface area contributed by atoms with Gasteiger partial charge < -0.3 is 8.85 Å². The van der Waals surface area contributed by atoms with Crippen LogP contribution >= 0.6 is 0 Å². The SMILES string of the molecule is CC(C)(C)[Si](C)(C)OCc1cccc(-n2ncc3ccc(-c4ccnc(C#N)n4)cc32)n1.CCCC(=O)c1nccc(-c2ccc3cnn(-c4cccc(CO[Si](C)(C)C(C)(C)C)n4)c3c2)n1. The van der Waals surface area contributed by atoms with E-state index in [-0.39, 0.29) is 27.5 Å². The maximum Gasteiger partial charge on any atom is 0.232 e. The molecule has 344 valence electrons. The lowest BCUT2D eigenvalue weighted by Crippen LogP contribution is -2.40. The van der Waals surface area contributed by atoms with Crippen molar-refractivity contribution in [2.75, 3.05) is 0 Å². The zero-order chi connectivity index (χ0) is 48.1. The van der Waals surface area contributed by atoms with Gasteiger partial charge in [0.25, 0.3) is 0 Å². The van der Waals surface area contributed by atoms with Crippen molar-refractivity contribution in [3.63, 3.8) is 0 Å². The summed E-state index contributed by atoms with van der Waals surface area (Å²) < 4.78 is 16.4. The molecule has 0 aliphatic carbocycles. The number of nitriles is 1. The molecule has 0 unspecified atom stereocenters. The van der Waals surface area contributed by atoms with Gasteiger partial charge >= 0.3 is 0 Å². The van der Waals surface area contributed by atoms with Crippen molar-refractivity contribution in [3.8, 4) is 40.2 Å². The smallest absolute Gasteiger partial charge is 0.232 e. The van der Waals surface area contributed by atoms with Gasteiger partial charge in [0.05, 0.1) is 59.4 Å². The third-order valence-electron chi connectivity index (χ3n) is 12.7. The summed E-state index contributed by atoms with van der Waals surface area (Å²) in [4.78, 5) is 38.9. The van der Waals surface area contributed by atoms with Crippen LogP contribution in [0.25, 0.3) is 56.0 Å². The van der Waals surface area contributed by atoms with Gasteiger partial charge in [-0.05, 0) is 91.2 Å². The van der Waals surface area contributed by atoms with Crippen molar-refractivity contribution in [2.45, 2.75) is 111 Å². The van der Waals surface area contributed by atoms with E-state index in [4.69, 9.17) is 24.1 Å². The number of nitrogens with zero attached hydrogens (tertiary/aromatic N) is 11. The standard InChI is InChI=1S/C27H33N5O2Si.C24H26N6OSi/c1-7-9-24(33)26-28-15-14-22(31-26)19-12-13-20-17-29-32(23(20)16-19)25-11-8-10-21(30-25)18-34-35(5,6)27(2,3)4;1-24(2,3)32(4,5)31-16-19-7-6-8-23(28-19)30-21-13-17(9-10-18(21)15-27-30)20-11-12-26-22(14-25)29-20/h8,10-17H,7,9,18H2,1-6H3;6-13,15H,16H2,1-5H3. The molecule has 0 spiro atoms. The summed E-state index contributed by atoms with van der Waals surface area (Å²) in [6.45, 7) is 25.3. The van der Waals surface area contributed by atoms with Gasteiger partial charge in [-0.1, -0.05) is 84.9 Å². The molecule has 0 N–H and O–H groups in total. The molecule has 0 amide bonds. The van der Waals surface area contributed by atoms with E-state index in [1.165, 1.54) is 0 Å². The molecular formula is C51H59N11O3Si2. The van der Waals surface area contributed by atoms with Gasteiger partial charge in [0, 0.05) is 40.7 Å². The fraction of sp³-hybridized carbons (Fsp3) is 0.333. The Balaban J connectivity index is 0.000000200. The highest BCUT2D eigenvalue weighted by Crippen LogP contribution is 2.38. The molecule has 8 aromatic rings. The maximum absolute atomic E-state index is 12.3. The minimum absolute atomic E-state index is 0.0404. The molecule has 6 aromatic heterocycles. The molecule has 0 radical (unpaired) electrons. The summed E-state index contributed by atoms with van der Waals surface area (Å²) in [6, 6.07) is 29.4. The fourth-order valence-electron chi connectivity index (χ4n) is 6.56. The predicted octanol–water partition coefficient (Wildman–Crippen LogP) is 11.7. The monoisotopic (exact) mass is 929 g/mol. The van der Waals surface area contributed by atoms with E-state index in [9.17, 15) is 4.79 Å². The summed E-state index contributed by atoms with van der Waals surface area (Å²) in [5, 5.41) is 20.5. The highest BCUT2D eigenvalue weighted by molar-refractivity contribution is 6.74. The molecule has 0 atom stereocenters. The number of hydrogen-bond donors (Lipinski definition) is 0. The molecule has 6 heterocycles. The van der Waals surface area contributed by atoms with Crippen LogP contribution < -0.4 is 0 Å². The molecule has 0 fully saturated rings. The summed E-state index contributed by atoms with van der Waals surface area (Å²) >= 11 is 0. The molecule has 67 heavy (non-hydrogen) atoms. The van der Waals surface area contributed by atoms with Crippen LogP contribution in [0.5, 0.6) is 0 Å². The summed E-state index contributed by atoms with van der Waals surface area (Å²) in [6.07, 6.45) is 8.09. The van der Waals surface area contributed by atoms with Gasteiger partial charge in [-0.2, -0.15) is 15.5 Å². The first-order chi connectivity index (χ1) is 31.8. The molecule has 2 aromatic carbocycles. The lowest BCUT2D eigenvalue weighted by Gasteiger charge is -2.36. The van der Waals surface area contributed by atoms with E-state index < -0.39 is 16.6 Å². The normalized spacial score (nSPS) is 12.2. The van der Waals surface area contributed by atoms with Crippen LogP contribution in [0.2, 0.25) is 36.3 Å². The number of hydrogen-bond acceptors (Lipinski definition) is 12. The number of carbonyl (C=O) groups is 1. The summed E-state index contributed by atoms with van der Waals surface area (Å²) in [5.74, 6) is 1.83. The van der Waals surface area contributed by atoms with E-state index >= 15 is 0 Å². The van der Waals surface area contributed by atoms with Gasteiger partial charge in [-0.25, -0.2) is 39.3 Å². The third-order valence-corrected chi connectivity index (χ3v) is 21.6. The highest BCUT2D eigenvalue weighted by atomic mass is 28.4. The second-order valence-corrected chi connectivity index (χ2v) is 29.2. The molecule has 0 bridgehead atoms. The Morgan fingerprint density at radius 3 is 1.58 bits per heavy atom. The van der Waals surface area contributed by atoms with Crippen molar-refractivity contribution in [1.29, 1.82) is 5.26 Å². The van der Waals surface area contributed by atoms with Gasteiger partial charge in [-0.15, -0.1) is 0 Å².